The van der Waals surface area contributed by atoms with Gasteiger partial charge in [-0.2, -0.15) is 0 Å². The molecule has 0 spiro atoms. The van der Waals surface area contributed by atoms with Gasteiger partial charge in [-0.05, 0) is 29.3 Å². The molecule has 0 bridgehead atoms. The van der Waals surface area contributed by atoms with E-state index in [2.05, 4.69) is 31.0 Å². The summed E-state index contributed by atoms with van der Waals surface area (Å²) in [6, 6.07) is 12.9. The van der Waals surface area contributed by atoms with Crippen LogP contribution >= 0.6 is 0 Å². The van der Waals surface area contributed by atoms with Gasteiger partial charge in [-0.3, -0.25) is 14.7 Å². The van der Waals surface area contributed by atoms with Crippen LogP contribution in [0.2, 0.25) is 0 Å². The molecule has 0 atom stereocenters. The number of sulfonamides is 1. The van der Waals surface area contributed by atoms with E-state index in [1.165, 1.54) is 12.3 Å². The van der Waals surface area contributed by atoms with Crippen molar-refractivity contribution in [1.29, 1.82) is 0 Å². The minimum atomic E-state index is -3.66. The number of pyridine rings is 1. The molecule has 172 valence electrons. The number of carbonyl (C=O) groups excluding carboxylic acids is 1. The Bertz CT molecular complexity index is 1240. The molecule has 4 rings (SSSR count). The molecule has 0 radical (unpaired) electrons. The molecule has 1 aromatic carbocycles. The number of amides is 1. The van der Waals surface area contributed by atoms with Crippen LogP contribution in [0.1, 0.15) is 16.1 Å². The van der Waals surface area contributed by atoms with E-state index in [-0.39, 0.29) is 11.4 Å². The maximum Gasteiger partial charge on any atom is 0.285 e. The quantitative estimate of drug-likeness (QED) is 0.549. The highest BCUT2D eigenvalue weighted by Gasteiger charge is 2.20. The zero-order chi connectivity index (χ0) is 23.4. The van der Waals surface area contributed by atoms with Crippen LogP contribution in [0.5, 0.6) is 5.75 Å². The average molecular weight is 469 g/mol. The summed E-state index contributed by atoms with van der Waals surface area (Å²) in [6.45, 7) is 3.85. The molecule has 0 aliphatic carbocycles. The third-order valence-corrected chi connectivity index (χ3v) is 5.86. The van der Waals surface area contributed by atoms with E-state index in [1.807, 2.05) is 22.9 Å². The van der Waals surface area contributed by atoms with Gasteiger partial charge in [-0.25, -0.2) is 13.1 Å². The largest absolute Gasteiger partial charge is 0.506 e. The van der Waals surface area contributed by atoms with Crippen LogP contribution in [0, 0.1) is 0 Å². The van der Waals surface area contributed by atoms with Gasteiger partial charge in [-0.15, -0.1) is 10.2 Å². The lowest BCUT2D eigenvalue weighted by atomic mass is 10.0. The second kappa shape index (κ2) is 9.51. The highest BCUT2D eigenvalue weighted by molar-refractivity contribution is 7.89. The van der Waals surface area contributed by atoms with E-state index in [1.54, 1.807) is 18.3 Å². The minimum absolute atomic E-state index is 0.0548. The molecular weight excluding hydrogens is 444 g/mol. The lowest BCUT2D eigenvalue weighted by Crippen LogP contribution is -2.46. The first-order valence-electron chi connectivity index (χ1n) is 10.3. The van der Waals surface area contributed by atoms with E-state index in [0.29, 0.717) is 5.82 Å². The fourth-order valence-corrected chi connectivity index (χ4v) is 4.17. The maximum absolute atomic E-state index is 11.9. The van der Waals surface area contributed by atoms with Crippen LogP contribution in [0.25, 0.3) is 11.1 Å². The van der Waals surface area contributed by atoms with Crippen molar-refractivity contribution < 1.29 is 18.3 Å². The second-order valence-electron chi connectivity index (χ2n) is 7.83. The van der Waals surface area contributed by atoms with Gasteiger partial charge < -0.3 is 10.0 Å². The Kier molecular flexibility index (Phi) is 6.52. The number of carbonyl (C=O) groups is 1. The standard InChI is InChI=1S/C22H24N6O4S/c1-33(31,32)26-22(30)20-6-7-21(25-24-20)28-10-8-27(9-11-28)15-16-4-2-3-5-19(16)17-12-18(29)14-23-13-17/h2-7,12-14,29H,8-11,15H2,1H3,(H,26,30). The molecule has 2 aromatic heterocycles. The van der Waals surface area contributed by atoms with Crippen LogP contribution in [0.15, 0.2) is 54.9 Å². The van der Waals surface area contributed by atoms with E-state index in [4.69, 9.17) is 0 Å². The summed E-state index contributed by atoms with van der Waals surface area (Å²) in [4.78, 5) is 20.4. The molecule has 0 unspecified atom stereocenters. The number of rotatable bonds is 6. The molecule has 2 N–H and O–H groups in total. The van der Waals surface area contributed by atoms with E-state index >= 15 is 0 Å². The number of nitrogens with zero attached hydrogens (tertiary/aromatic N) is 5. The van der Waals surface area contributed by atoms with Crippen molar-refractivity contribution in [2.24, 2.45) is 0 Å². The van der Waals surface area contributed by atoms with E-state index < -0.39 is 15.9 Å². The lowest BCUT2D eigenvalue weighted by Gasteiger charge is -2.35. The predicted molar refractivity (Wildman–Crippen MR) is 123 cm³/mol. The minimum Gasteiger partial charge on any atom is -0.506 e. The van der Waals surface area contributed by atoms with Crippen molar-refractivity contribution in [2.45, 2.75) is 6.54 Å². The van der Waals surface area contributed by atoms with Crippen LogP contribution in [-0.4, -0.2) is 71.9 Å². The van der Waals surface area contributed by atoms with E-state index in [9.17, 15) is 18.3 Å². The zero-order valence-corrected chi connectivity index (χ0v) is 18.9. The van der Waals surface area contributed by atoms with Gasteiger partial charge in [0.25, 0.3) is 5.91 Å². The number of benzene rings is 1. The second-order valence-corrected chi connectivity index (χ2v) is 9.58. The highest BCUT2D eigenvalue weighted by atomic mass is 32.2. The molecule has 1 saturated heterocycles. The summed E-state index contributed by atoms with van der Waals surface area (Å²) in [5.74, 6) is -0.0318. The van der Waals surface area contributed by atoms with Crippen molar-refractivity contribution in [1.82, 2.24) is 24.8 Å². The van der Waals surface area contributed by atoms with Gasteiger partial charge in [0, 0.05) is 44.5 Å². The van der Waals surface area contributed by atoms with Crippen molar-refractivity contribution in [3.05, 3.63) is 66.1 Å². The fraction of sp³-hybridized carbons (Fsp3) is 0.273. The number of anilines is 1. The number of aromatic hydroxyl groups is 1. The molecular formula is C22H24N6O4S. The van der Waals surface area contributed by atoms with Crippen LogP contribution in [-0.2, 0) is 16.6 Å². The summed E-state index contributed by atoms with van der Waals surface area (Å²) >= 11 is 0. The Labute approximate surface area is 192 Å². The summed E-state index contributed by atoms with van der Waals surface area (Å²) in [6.07, 6.45) is 4.07. The van der Waals surface area contributed by atoms with Gasteiger partial charge >= 0.3 is 0 Å². The molecule has 1 amide bonds. The van der Waals surface area contributed by atoms with Crippen molar-refractivity contribution in [3.63, 3.8) is 0 Å². The molecule has 0 saturated carbocycles. The van der Waals surface area contributed by atoms with Gasteiger partial charge in [0.2, 0.25) is 10.0 Å². The van der Waals surface area contributed by atoms with Gasteiger partial charge in [-0.1, -0.05) is 24.3 Å². The third-order valence-electron chi connectivity index (χ3n) is 5.30. The number of hydrogen-bond acceptors (Lipinski definition) is 9. The Hall–Kier alpha value is -3.57. The molecule has 33 heavy (non-hydrogen) atoms. The number of aromatic nitrogens is 3. The Morgan fingerprint density at radius 2 is 1.82 bits per heavy atom. The topological polar surface area (TPSA) is 129 Å². The first kappa shape index (κ1) is 22.6. The molecule has 1 aliphatic rings. The van der Waals surface area contributed by atoms with Crippen LogP contribution in [0.3, 0.4) is 0 Å². The number of hydrogen-bond donors (Lipinski definition) is 2. The summed E-state index contributed by atoms with van der Waals surface area (Å²) in [5, 5.41) is 17.7. The highest BCUT2D eigenvalue weighted by Crippen LogP contribution is 2.27. The normalized spacial score (nSPS) is 14.8. The van der Waals surface area contributed by atoms with Gasteiger partial charge in [0.15, 0.2) is 11.5 Å². The average Bonchev–Trinajstić information content (AvgIpc) is 2.79. The third kappa shape index (κ3) is 5.82. The fourth-order valence-electron chi connectivity index (χ4n) is 3.73. The van der Waals surface area contributed by atoms with Crippen molar-refractivity contribution in [3.8, 4) is 16.9 Å². The number of nitrogens with one attached hydrogen (secondary N) is 1. The van der Waals surface area contributed by atoms with Crippen LogP contribution in [0.4, 0.5) is 5.82 Å². The molecule has 1 aliphatic heterocycles. The smallest absolute Gasteiger partial charge is 0.285 e. The number of piperazine rings is 1. The Morgan fingerprint density at radius 1 is 1.06 bits per heavy atom. The van der Waals surface area contributed by atoms with Crippen molar-refractivity contribution >= 4 is 21.7 Å². The Balaban J connectivity index is 1.38. The molecule has 11 heteroatoms. The molecule has 3 heterocycles. The van der Waals surface area contributed by atoms with E-state index in [0.717, 1.165) is 55.7 Å². The van der Waals surface area contributed by atoms with Gasteiger partial charge in [0.1, 0.15) is 5.75 Å². The summed E-state index contributed by atoms with van der Waals surface area (Å²) in [5.41, 5.74) is 3.01. The SMILES string of the molecule is CS(=O)(=O)NC(=O)c1ccc(N2CCN(Cc3ccccc3-c3cncc(O)c3)CC2)nn1. The maximum atomic E-state index is 11.9. The first-order valence-corrected chi connectivity index (χ1v) is 12.2. The summed E-state index contributed by atoms with van der Waals surface area (Å²) < 4.78 is 24.3. The van der Waals surface area contributed by atoms with Crippen molar-refractivity contribution in [2.75, 3.05) is 37.3 Å². The predicted octanol–water partition coefficient (Wildman–Crippen LogP) is 1.26. The van der Waals surface area contributed by atoms with Gasteiger partial charge in [0.05, 0.1) is 12.5 Å². The van der Waals surface area contributed by atoms with Crippen LogP contribution < -0.4 is 9.62 Å². The first-order chi connectivity index (χ1) is 15.8. The molecule has 3 aromatic rings. The summed E-state index contributed by atoms with van der Waals surface area (Å²) in [7, 11) is -3.66. The zero-order valence-electron chi connectivity index (χ0n) is 18.0. The monoisotopic (exact) mass is 468 g/mol. The molecule has 10 nitrogen and oxygen atoms in total. The molecule has 1 fully saturated rings. The Morgan fingerprint density at radius 3 is 2.48 bits per heavy atom. The lowest BCUT2D eigenvalue weighted by molar-refractivity contribution is 0.0976.